The Morgan fingerprint density at radius 2 is 1.84 bits per heavy atom. The van der Waals surface area contributed by atoms with Gasteiger partial charge in [0.25, 0.3) is 11.8 Å². The number of nitrogens with zero attached hydrogens (tertiary/aromatic N) is 2. The second-order valence-electron chi connectivity index (χ2n) is 6.86. The number of likely N-dealkylation sites (N-methyl/N-ethyl adjacent to an activating group) is 1. The maximum atomic E-state index is 12.6. The Labute approximate surface area is 185 Å². The molecule has 7 heteroatoms. The maximum Gasteiger partial charge on any atom is 0.271 e. The lowest BCUT2D eigenvalue weighted by Crippen LogP contribution is -2.39. The van der Waals surface area contributed by atoms with Crippen molar-refractivity contribution in [3.05, 3.63) is 75.3 Å². The van der Waals surface area contributed by atoms with Crippen molar-refractivity contribution < 1.29 is 19.1 Å². The molecule has 0 aliphatic carbocycles. The van der Waals surface area contributed by atoms with E-state index in [1.807, 2.05) is 31.2 Å². The van der Waals surface area contributed by atoms with Crippen LogP contribution in [0.25, 0.3) is 6.08 Å². The predicted molar refractivity (Wildman–Crippen MR) is 117 cm³/mol. The van der Waals surface area contributed by atoms with E-state index in [2.05, 4.69) is 0 Å². The highest BCUT2D eigenvalue weighted by atomic mass is 35.5. The van der Waals surface area contributed by atoms with Gasteiger partial charge in [-0.1, -0.05) is 35.9 Å². The third-order valence-electron chi connectivity index (χ3n) is 4.86. The van der Waals surface area contributed by atoms with E-state index in [0.717, 1.165) is 10.5 Å². The molecule has 1 heterocycles. The van der Waals surface area contributed by atoms with Crippen LogP contribution in [0.5, 0.6) is 11.5 Å². The van der Waals surface area contributed by atoms with Gasteiger partial charge in [0.15, 0.2) is 11.5 Å². The van der Waals surface area contributed by atoms with Crippen LogP contribution in [0.15, 0.2) is 59.2 Å². The van der Waals surface area contributed by atoms with Crippen LogP contribution in [0.4, 0.5) is 0 Å². The van der Waals surface area contributed by atoms with E-state index in [4.69, 9.17) is 21.1 Å². The zero-order chi connectivity index (χ0) is 22.5. The summed E-state index contributed by atoms with van der Waals surface area (Å²) in [6.45, 7) is 4.16. The molecule has 3 rings (SSSR count). The fraction of sp³-hybridized carbons (Fsp3) is 0.208. The van der Waals surface area contributed by atoms with Gasteiger partial charge in [0, 0.05) is 23.2 Å². The van der Waals surface area contributed by atoms with Crippen LogP contribution >= 0.6 is 11.6 Å². The highest BCUT2D eigenvalue weighted by Gasteiger charge is 2.32. The molecular weight excluding hydrogens is 416 g/mol. The normalized spacial score (nSPS) is 15.3. The molecule has 6 nitrogen and oxygen atoms in total. The number of benzene rings is 2. The smallest absolute Gasteiger partial charge is 0.271 e. The molecule has 0 atom stereocenters. The van der Waals surface area contributed by atoms with Gasteiger partial charge in [0.1, 0.15) is 18.2 Å². The Morgan fingerprint density at radius 1 is 1.10 bits per heavy atom. The molecule has 0 saturated heterocycles. The first-order chi connectivity index (χ1) is 14.9. The van der Waals surface area contributed by atoms with Crippen LogP contribution in [-0.2, 0) is 16.2 Å². The van der Waals surface area contributed by atoms with Crippen molar-refractivity contribution in [1.29, 1.82) is 5.26 Å². The van der Waals surface area contributed by atoms with Crippen LogP contribution in [0.3, 0.4) is 0 Å². The van der Waals surface area contributed by atoms with Crippen LogP contribution in [0, 0.1) is 11.3 Å². The van der Waals surface area contributed by atoms with Crippen molar-refractivity contribution in [2.75, 3.05) is 13.7 Å². The van der Waals surface area contributed by atoms with E-state index in [-0.39, 0.29) is 17.8 Å². The van der Waals surface area contributed by atoms with E-state index in [0.29, 0.717) is 34.3 Å². The molecule has 2 amide bonds. The topological polar surface area (TPSA) is 79.6 Å². The van der Waals surface area contributed by atoms with Crippen molar-refractivity contribution in [3.63, 3.8) is 0 Å². The third-order valence-corrected chi connectivity index (χ3v) is 5.23. The van der Waals surface area contributed by atoms with Crippen molar-refractivity contribution in [2.45, 2.75) is 20.5 Å². The molecule has 158 valence electrons. The minimum atomic E-state index is -0.597. The molecule has 0 unspecified atom stereocenters. The largest absolute Gasteiger partial charge is 0.490 e. The lowest BCUT2D eigenvalue weighted by atomic mass is 9.94. The van der Waals surface area contributed by atoms with E-state index >= 15 is 0 Å². The predicted octanol–water partition coefficient (Wildman–Crippen LogP) is 4.54. The molecule has 1 aliphatic heterocycles. The molecule has 1 aliphatic rings. The Bertz CT molecular complexity index is 1140. The number of carbonyl (C=O) groups is 2. The molecule has 0 N–H and O–H groups in total. The van der Waals surface area contributed by atoms with Crippen molar-refractivity contribution in [1.82, 2.24) is 4.90 Å². The van der Waals surface area contributed by atoms with E-state index in [1.54, 1.807) is 37.3 Å². The summed E-state index contributed by atoms with van der Waals surface area (Å²) in [5.41, 5.74) is 2.12. The summed E-state index contributed by atoms with van der Waals surface area (Å²) in [4.78, 5) is 25.7. The second-order valence-corrected chi connectivity index (χ2v) is 7.27. The van der Waals surface area contributed by atoms with Gasteiger partial charge in [0.05, 0.1) is 6.61 Å². The van der Waals surface area contributed by atoms with Gasteiger partial charge in [-0.15, -0.1) is 0 Å². The first-order valence-electron chi connectivity index (χ1n) is 9.65. The van der Waals surface area contributed by atoms with Gasteiger partial charge in [0.2, 0.25) is 0 Å². The number of nitriles is 1. The molecule has 0 bridgehead atoms. The van der Waals surface area contributed by atoms with Crippen molar-refractivity contribution in [2.24, 2.45) is 0 Å². The fourth-order valence-electron chi connectivity index (χ4n) is 3.14. The zero-order valence-corrected chi connectivity index (χ0v) is 18.2. The highest BCUT2D eigenvalue weighted by Crippen LogP contribution is 2.32. The van der Waals surface area contributed by atoms with E-state index < -0.39 is 11.8 Å². The molecule has 2 aromatic carbocycles. The quantitative estimate of drug-likeness (QED) is 0.490. The summed E-state index contributed by atoms with van der Waals surface area (Å²) in [7, 11) is 1.36. The monoisotopic (exact) mass is 436 g/mol. The van der Waals surface area contributed by atoms with Crippen molar-refractivity contribution >= 4 is 29.5 Å². The van der Waals surface area contributed by atoms with Gasteiger partial charge in [-0.3, -0.25) is 14.5 Å². The summed E-state index contributed by atoms with van der Waals surface area (Å²) in [6.07, 6.45) is 1.64. The molecule has 2 aromatic rings. The van der Waals surface area contributed by atoms with Gasteiger partial charge in [-0.05, 0) is 49.3 Å². The number of carbonyl (C=O) groups excluding carboxylic acids is 2. The van der Waals surface area contributed by atoms with Gasteiger partial charge >= 0.3 is 0 Å². The van der Waals surface area contributed by atoms with Gasteiger partial charge in [-0.2, -0.15) is 5.26 Å². The molecule has 0 radical (unpaired) electrons. The highest BCUT2D eigenvalue weighted by molar-refractivity contribution is 6.31. The fourth-order valence-corrected chi connectivity index (χ4v) is 3.33. The minimum Gasteiger partial charge on any atom is -0.490 e. The number of hydrogen-bond donors (Lipinski definition) is 0. The molecular formula is C24H21ClN2O4. The Kier molecular flexibility index (Phi) is 6.78. The number of hydrogen-bond acceptors (Lipinski definition) is 5. The average molecular weight is 437 g/mol. The van der Waals surface area contributed by atoms with E-state index in [1.165, 1.54) is 7.05 Å². The van der Waals surface area contributed by atoms with Crippen LogP contribution in [0.2, 0.25) is 5.02 Å². The summed E-state index contributed by atoms with van der Waals surface area (Å²) >= 11 is 6.19. The van der Waals surface area contributed by atoms with E-state index in [9.17, 15) is 14.9 Å². The third kappa shape index (κ3) is 4.62. The van der Waals surface area contributed by atoms with Crippen LogP contribution in [0.1, 0.15) is 25.0 Å². The van der Waals surface area contributed by atoms with Gasteiger partial charge in [-0.25, -0.2) is 0 Å². The lowest BCUT2D eigenvalue weighted by molar-refractivity contribution is -0.138. The lowest BCUT2D eigenvalue weighted by Gasteiger charge is -2.23. The number of halogens is 1. The first-order valence-corrected chi connectivity index (χ1v) is 10.0. The zero-order valence-electron chi connectivity index (χ0n) is 17.4. The Morgan fingerprint density at radius 3 is 2.52 bits per heavy atom. The number of rotatable bonds is 6. The Hall–Kier alpha value is -3.56. The van der Waals surface area contributed by atoms with Crippen molar-refractivity contribution in [3.8, 4) is 17.6 Å². The molecule has 0 saturated carbocycles. The van der Waals surface area contributed by atoms with Gasteiger partial charge < -0.3 is 9.47 Å². The first kappa shape index (κ1) is 22.1. The standard InChI is InChI=1S/C24H21ClN2O4/c1-4-30-22-12-16(9-10-21(22)31-14-17-7-5-6-8-20(17)25)11-18-15(2)19(13-26)24(29)27(3)23(18)28/h5-12H,4,14H2,1-3H3/b18-11+. The summed E-state index contributed by atoms with van der Waals surface area (Å²) in [5, 5.41) is 9.92. The Balaban J connectivity index is 1.94. The molecule has 0 spiro atoms. The number of ether oxygens (including phenoxy) is 2. The molecule has 0 aromatic heterocycles. The summed E-state index contributed by atoms with van der Waals surface area (Å²) in [5.74, 6) is -0.00567. The minimum absolute atomic E-state index is 0.0434. The number of imide groups is 1. The maximum absolute atomic E-state index is 12.6. The molecule has 0 fully saturated rings. The summed E-state index contributed by atoms with van der Waals surface area (Å²) in [6, 6.07) is 14.6. The average Bonchev–Trinajstić information content (AvgIpc) is 2.76. The summed E-state index contributed by atoms with van der Waals surface area (Å²) < 4.78 is 11.6. The number of amides is 2. The molecule has 31 heavy (non-hydrogen) atoms. The van der Waals surface area contributed by atoms with Crippen LogP contribution < -0.4 is 9.47 Å². The SMILES string of the molecule is CCOc1cc(/C=C2/C(=O)N(C)C(=O)C(C#N)=C2C)ccc1OCc1ccccc1Cl. The second kappa shape index (κ2) is 9.50. The van der Waals surface area contributed by atoms with Crippen LogP contribution in [-0.4, -0.2) is 30.4 Å².